The number of nitrogens with zero attached hydrogens (tertiary/aromatic N) is 2. The van der Waals surface area contributed by atoms with E-state index in [0.717, 1.165) is 55.0 Å². The van der Waals surface area contributed by atoms with Crippen molar-refractivity contribution in [1.29, 1.82) is 0 Å². The van der Waals surface area contributed by atoms with Crippen LogP contribution in [0, 0.1) is 0 Å². The molecular weight excluding hydrogens is 524 g/mol. The Bertz CT molecular complexity index is 2470. The Kier molecular flexibility index (Phi) is 4.40. The molecule has 0 amide bonds. The summed E-state index contributed by atoms with van der Waals surface area (Å²) in [6.45, 7) is 0. The fourth-order valence-corrected chi connectivity index (χ4v) is 8.40. The average Bonchev–Trinajstić information content (AvgIpc) is 3.52. The van der Waals surface area contributed by atoms with Crippen molar-refractivity contribution < 1.29 is 8.42 Å². The van der Waals surface area contributed by atoms with Gasteiger partial charge in [-0.25, -0.2) is 12.4 Å². The van der Waals surface area contributed by atoms with E-state index >= 15 is 0 Å². The summed E-state index contributed by atoms with van der Waals surface area (Å²) in [5.74, 6) is 0. The number of benzene rings is 6. The molecule has 0 saturated carbocycles. The zero-order valence-corrected chi connectivity index (χ0v) is 22.6. The van der Waals surface area contributed by atoms with E-state index in [2.05, 4.69) is 59.2 Å². The second-order valence-electron chi connectivity index (χ2n) is 10.6. The van der Waals surface area contributed by atoms with E-state index in [9.17, 15) is 8.42 Å². The maximum absolute atomic E-state index is 14.6. The lowest BCUT2D eigenvalue weighted by Gasteiger charge is -2.12. The zero-order valence-electron chi connectivity index (χ0n) is 21.8. The van der Waals surface area contributed by atoms with Crippen molar-refractivity contribution in [2.24, 2.45) is 0 Å². The Labute approximate surface area is 236 Å². The van der Waals surface area contributed by atoms with Gasteiger partial charge < -0.3 is 4.57 Å². The monoisotopic (exact) mass is 546 g/mol. The van der Waals surface area contributed by atoms with Crippen LogP contribution in [-0.2, 0) is 10.0 Å². The first-order valence-corrected chi connectivity index (χ1v) is 15.1. The van der Waals surface area contributed by atoms with Gasteiger partial charge in [0.05, 0.1) is 27.8 Å². The SMILES string of the molecule is O=S1(=O)c2cccc3c4cc(-c5ccccc5)ccc4n(c23)-c2cc(-c3ccccc3)cc3c4ccccc4n1c23. The number of rotatable bonds is 2. The molecule has 0 N–H and O–H groups in total. The highest BCUT2D eigenvalue weighted by Gasteiger charge is 2.33. The summed E-state index contributed by atoms with van der Waals surface area (Å²) in [7, 11) is -3.93. The van der Waals surface area contributed by atoms with Gasteiger partial charge in [0.1, 0.15) is 4.90 Å². The first-order valence-electron chi connectivity index (χ1n) is 13.6. The Morgan fingerprint density at radius 3 is 1.88 bits per heavy atom. The molecule has 194 valence electrons. The molecule has 0 fully saturated rings. The molecule has 9 rings (SSSR count). The van der Waals surface area contributed by atoms with Crippen LogP contribution in [0.25, 0.3) is 71.6 Å². The van der Waals surface area contributed by atoms with Crippen LogP contribution in [-0.4, -0.2) is 17.0 Å². The number of hydrogen-bond donors (Lipinski definition) is 0. The van der Waals surface area contributed by atoms with Crippen LogP contribution in [0.2, 0.25) is 0 Å². The van der Waals surface area contributed by atoms with Crippen LogP contribution in [0.3, 0.4) is 0 Å². The minimum absolute atomic E-state index is 0.313. The number of fused-ring (bicyclic) bond motifs is 7. The third-order valence-corrected chi connectivity index (χ3v) is 10.2. The molecular formula is C36H22N2O2S. The summed E-state index contributed by atoms with van der Waals surface area (Å²) in [4.78, 5) is 0.313. The van der Waals surface area contributed by atoms with Crippen LogP contribution in [0.5, 0.6) is 0 Å². The largest absolute Gasteiger partial charge is 0.306 e. The van der Waals surface area contributed by atoms with Crippen molar-refractivity contribution in [3.63, 3.8) is 0 Å². The highest BCUT2D eigenvalue weighted by atomic mass is 32.2. The molecule has 3 heterocycles. The molecule has 5 heteroatoms. The summed E-state index contributed by atoms with van der Waals surface area (Å²) in [5.41, 5.74) is 8.30. The minimum Gasteiger partial charge on any atom is -0.306 e. The molecule has 41 heavy (non-hydrogen) atoms. The molecule has 8 aromatic rings. The third-order valence-electron chi connectivity index (χ3n) is 8.43. The summed E-state index contributed by atoms with van der Waals surface area (Å²) in [6, 6.07) is 44.8. The van der Waals surface area contributed by atoms with Gasteiger partial charge in [-0.3, -0.25) is 0 Å². The Hall–Kier alpha value is -5.13. The molecule has 0 atom stereocenters. The van der Waals surface area contributed by atoms with Crippen molar-refractivity contribution in [3.8, 4) is 27.9 Å². The molecule has 1 aliphatic heterocycles. The first-order chi connectivity index (χ1) is 20.1. The third kappa shape index (κ3) is 2.96. The smallest absolute Gasteiger partial charge is 0.270 e. The Morgan fingerprint density at radius 2 is 1.10 bits per heavy atom. The topological polar surface area (TPSA) is 44.0 Å². The summed E-state index contributed by atoms with van der Waals surface area (Å²) in [5, 5.41) is 3.79. The maximum atomic E-state index is 14.6. The molecule has 1 aliphatic rings. The van der Waals surface area contributed by atoms with E-state index in [-0.39, 0.29) is 0 Å². The van der Waals surface area contributed by atoms with Crippen LogP contribution >= 0.6 is 0 Å². The van der Waals surface area contributed by atoms with Gasteiger partial charge in [-0.15, -0.1) is 0 Å². The second-order valence-corrected chi connectivity index (χ2v) is 12.4. The average molecular weight is 547 g/mol. The molecule has 0 saturated heterocycles. The Balaban J connectivity index is 1.52. The van der Waals surface area contributed by atoms with E-state index in [1.54, 1.807) is 10.0 Å². The number of aromatic nitrogens is 2. The van der Waals surface area contributed by atoms with Crippen molar-refractivity contribution in [1.82, 2.24) is 8.54 Å². The quantitative estimate of drug-likeness (QED) is 0.218. The van der Waals surface area contributed by atoms with Crippen LogP contribution in [0.1, 0.15) is 0 Å². The van der Waals surface area contributed by atoms with E-state index in [4.69, 9.17) is 0 Å². The van der Waals surface area contributed by atoms with Crippen molar-refractivity contribution >= 4 is 53.6 Å². The van der Waals surface area contributed by atoms with E-state index in [0.29, 0.717) is 21.4 Å². The minimum atomic E-state index is -3.93. The van der Waals surface area contributed by atoms with Gasteiger partial charge in [-0.2, -0.15) is 0 Å². The highest BCUT2D eigenvalue weighted by molar-refractivity contribution is 7.90. The molecule has 4 nitrogen and oxygen atoms in total. The summed E-state index contributed by atoms with van der Waals surface area (Å²) < 4.78 is 33.0. The maximum Gasteiger partial charge on any atom is 0.270 e. The van der Waals surface area contributed by atoms with Gasteiger partial charge in [-0.1, -0.05) is 97.1 Å². The van der Waals surface area contributed by atoms with Gasteiger partial charge in [0.2, 0.25) is 0 Å². The Morgan fingerprint density at radius 1 is 0.439 bits per heavy atom. The molecule has 6 aromatic carbocycles. The molecule has 0 unspecified atom stereocenters. The molecule has 0 bridgehead atoms. The van der Waals surface area contributed by atoms with Crippen molar-refractivity contribution in [3.05, 3.63) is 133 Å². The summed E-state index contributed by atoms with van der Waals surface area (Å²) >= 11 is 0. The van der Waals surface area contributed by atoms with Gasteiger partial charge in [-0.05, 0) is 58.7 Å². The zero-order chi connectivity index (χ0) is 27.3. The van der Waals surface area contributed by atoms with E-state index in [1.807, 2.05) is 72.8 Å². The van der Waals surface area contributed by atoms with E-state index in [1.165, 1.54) is 0 Å². The molecule has 2 aromatic heterocycles. The van der Waals surface area contributed by atoms with Gasteiger partial charge in [0, 0.05) is 21.5 Å². The van der Waals surface area contributed by atoms with Gasteiger partial charge in [0.25, 0.3) is 10.0 Å². The summed E-state index contributed by atoms with van der Waals surface area (Å²) in [6.07, 6.45) is 0. The normalized spacial score (nSPS) is 13.8. The predicted octanol–water partition coefficient (Wildman–Crippen LogP) is 8.78. The lowest BCUT2D eigenvalue weighted by molar-refractivity contribution is 0.591. The fraction of sp³-hybridized carbons (Fsp3) is 0. The second kappa shape index (κ2) is 7.96. The van der Waals surface area contributed by atoms with Crippen LogP contribution in [0.4, 0.5) is 0 Å². The van der Waals surface area contributed by atoms with Gasteiger partial charge >= 0.3 is 0 Å². The highest BCUT2D eigenvalue weighted by Crippen LogP contribution is 2.46. The number of para-hydroxylation sites is 2. The van der Waals surface area contributed by atoms with E-state index < -0.39 is 10.0 Å². The first kappa shape index (κ1) is 22.7. The molecule has 0 spiro atoms. The van der Waals surface area contributed by atoms with Crippen LogP contribution in [0.15, 0.2) is 138 Å². The number of hydrogen-bond acceptors (Lipinski definition) is 2. The van der Waals surface area contributed by atoms with Crippen molar-refractivity contribution in [2.45, 2.75) is 4.90 Å². The lowest BCUT2D eigenvalue weighted by atomic mass is 10.0. The molecule has 0 aliphatic carbocycles. The predicted molar refractivity (Wildman–Crippen MR) is 167 cm³/mol. The molecule has 0 radical (unpaired) electrons. The van der Waals surface area contributed by atoms with Crippen molar-refractivity contribution in [2.75, 3.05) is 0 Å². The fourth-order valence-electron chi connectivity index (χ4n) is 6.66. The van der Waals surface area contributed by atoms with Crippen LogP contribution < -0.4 is 0 Å². The standard InChI is InChI=1S/C36H22N2O2S/c39-41(40)34-17-9-15-28-29-20-25(23-10-3-1-4-11-23)18-19-31(29)37(36(28)34)33-22-26(24-12-5-2-6-13-24)21-30-27-14-7-8-16-32(27)38(41)35(30)33/h1-22H. The lowest BCUT2D eigenvalue weighted by Crippen LogP contribution is -2.12. The van der Waals surface area contributed by atoms with Gasteiger partial charge in [0.15, 0.2) is 0 Å².